The molecule has 0 saturated heterocycles. The molecule has 1 aromatic rings. The molecule has 0 radical (unpaired) electrons. The zero-order valence-corrected chi connectivity index (χ0v) is 19.6. The Morgan fingerprint density at radius 2 is 1.70 bits per heavy atom. The topological polar surface area (TPSA) is 138 Å². The van der Waals surface area contributed by atoms with Gasteiger partial charge >= 0.3 is 11.9 Å². The number of benzene rings is 1. The van der Waals surface area contributed by atoms with Crippen LogP contribution in [0.15, 0.2) is 35.2 Å². The van der Waals surface area contributed by atoms with E-state index in [9.17, 15) is 33.0 Å². The SMILES string of the molecule is O=C(O)C(CCS(=O)(=O)c1ccccc1)CC1(C(=O)N[C@H]2CCC[C@@H](C(=O)O)C2)CCCC1. The van der Waals surface area contributed by atoms with E-state index in [0.717, 1.165) is 19.3 Å². The second kappa shape index (κ2) is 10.7. The van der Waals surface area contributed by atoms with Crippen molar-refractivity contribution in [2.45, 2.75) is 75.1 Å². The molecule has 8 nitrogen and oxygen atoms in total. The molecule has 2 fully saturated rings. The number of carbonyl (C=O) groups excluding carboxylic acids is 1. The maximum absolute atomic E-state index is 13.3. The Bertz CT molecular complexity index is 954. The molecule has 0 aliphatic heterocycles. The van der Waals surface area contributed by atoms with E-state index < -0.39 is 39.0 Å². The van der Waals surface area contributed by atoms with Gasteiger partial charge in [0.2, 0.25) is 5.91 Å². The minimum absolute atomic E-state index is 0.0634. The third kappa shape index (κ3) is 6.34. The van der Waals surface area contributed by atoms with E-state index in [1.165, 1.54) is 12.1 Å². The summed E-state index contributed by atoms with van der Waals surface area (Å²) >= 11 is 0. The van der Waals surface area contributed by atoms with Gasteiger partial charge in [0.15, 0.2) is 9.84 Å². The van der Waals surface area contributed by atoms with E-state index in [1.807, 2.05) is 0 Å². The highest BCUT2D eigenvalue weighted by Crippen LogP contribution is 2.44. The van der Waals surface area contributed by atoms with Crippen LogP contribution >= 0.6 is 0 Å². The fourth-order valence-corrected chi connectivity index (χ4v) is 6.69. The van der Waals surface area contributed by atoms with Crippen LogP contribution < -0.4 is 5.32 Å². The Balaban J connectivity index is 1.68. The second-order valence-corrected chi connectivity index (χ2v) is 11.6. The van der Waals surface area contributed by atoms with Gasteiger partial charge in [0.1, 0.15) is 0 Å². The Morgan fingerprint density at radius 1 is 1.03 bits per heavy atom. The van der Waals surface area contributed by atoms with Crippen molar-refractivity contribution in [3.63, 3.8) is 0 Å². The number of hydrogen-bond donors (Lipinski definition) is 3. The van der Waals surface area contributed by atoms with Crippen LogP contribution in [0.5, 0.6) is 0 Å². The van der Waals surface area contributed by atoms with E-state index in [-0.39, 0.29) is 35.4 Å². The van der Waals surface area contributed by atoms with Crippen molar-refractivity contribution in [1.29, 1.82) is 0 Å². The van der Waals surface area contributed by atoms with Crippen molar-refractivity contribution in [3.05, 3.63) is 30.3 Å². The Labute approximate surface area is 194 Å². The Kier molecular flexibility index (Phi) is 8.15. The Hall–Kier alpha value is -2.42. The number of rotatable bonds is 10. The summed E-state index contributed by atoms with van der Waals surface area (Å²) in [6.45, 7) is 0. The minimum Gasteiger partial charge on any atom is -0.481 e. The molecular weight excluding hydrogens is 446 g/mol. The average Bonchev–Trinajstić information content (AvgIpc) is 3.27. The van der Waals surface area contributed by atoms with Crippen molar-refractivity contribution in [3.8, 4) is 0 Å². The standard InChI is InChI=1S/C24H33NO7S/c26-21(27)17-7-6-8-19(15-17)25-23(30)24(12-4-5-13-24)16-18(22(28)29)11-14-33(31,32)20-9-2-1-3-10-20/h1-3,9-10,17-19H,4-8,11-16H2,(H,25,30)(H,26,27)(H,28,29)/t17-,18?,19+/m1/s1. The quantitative estimate of drug-likeness (QED) is 0.468. The summed E-state index contributed by atoms with van der Waals surface area (Å²) in [5.41, 5.74) is -0.851. The van der Waals surface area contributed by atoms with Gasteiger partial charge in [-0.15, -0.1) is 0 Å². The van der Waals surface area contributed by atoms with Crippen LogP contribution in [-0.4, -0.2) is 48.3 Å². The highest BCUT2D eigenvalue weighted by atomic mass is 32.2. The van der Waals surface area contributed by atoms with Gasteiger partial charge in [-0.3, -0.25) is 14.4 Å². The van der Waals surface area contributed by atoms with Gasteiger partial charge in [0.25, 0.3) is 0 Å². The van der Waals surface area contributed by atoms with E-state index in [2.05, 4.69) is 5.32 Å². The van der Waals surface area contributed by atoms with Gasteiger partial charge in [-0.05, 0) is 57.1 Å². The van der Waals surface area contributed by atoms with Crippen molar-refractivity contribution in [2.75, 3.05) is 5.75 Å². The number of carboxylic acid groups (broad SMARTS) is 2. The molecule has 33 heavy (non-hydrogen) atoms. The number of amides is 1. The third-order valence-electron chi connectivity index (χ3n) is 7.22. The van der Waals surface area contributed by atoms with Gasteiger partial charge in [0.05, 0.1) is 27.9 Å². The predicted molar refractivity (Wildman–Crippen MR) is 121 cm³/mol. The van der Waals surface area contributed by atoms with E-state index in [1.54, 1.807) is 18.2 Å². The second-order valence-electron chi connectivity index (χ2n) is 9.52. The molecule has 1 amide bonds. The molecule has 9 heteroatoms. The number of sulfone groups is 1. The highest BCUT2D eigenvalue weighted by Gasteiger charge is 2.45. The minimum atomic E-state index is -3.62. The molecule has 0 heterocycles. The lowest BCUT2D eigenvalue weighted by Crippen LogP contribution is -2.47. The largest absolute Gasteiger partial charge is 0.481 e. The summed E-state index contributed by atoms with van der Waals surface area (Å²) in [4.78, 5) is 36.9. The first-order valence-electron chi connectivity index (χ1n) is 11.7. The normalized spacial score (nSPS) is 23.5. The molecule has 3 rings (SSSR count). The maximum atomic E-state index is 13.3. The van der Waals surface area contributed by atoms with Crippen molar-refractivity contribution >= 4 is 27.7 Å². The van der Waals surface area contributed by atoms with E-state index >= 15 is 0 Å². The maximum Gasteiger partial charge on any atom is 0.306 e. The van der Waals surface area contributed by atoms with Crippen LogP contribution in [-0.2, 0) is 24.2 Å². The zero-order chi connectivity index (χ0) is 24.1. The fraction of sp³-hybridized carbons (Fsp3) is 0.625. The molecule has 182 valence electrons. The van der Waals surface area contributed by atoms with Crippen LogP contribution in [0.4, 0.5) is 0 Å². The molecule has 3 N–H and O–H groups in total. The van der Waals surface area contributed by atoms with Gasteiger partial charge in [-0.25, -0.2) is 8.42 Å². The van der Waals surface area contributed by atoms with Gasteiger partial charge in [-0.1, -0.05) is 37.5 Å². The smallest absolute Gasteiger partial charge is 0.306 e. The van der Waals surface area contributed by atoms with E-state index in [4.69, 9.17) is 0 Å². The summed E-state index contributed by atoms with van der Waals surface area (Å²) in [6.07, 6.45) is 5.19. The molecule has 2 aliphatic carbocycles. The lowest BCUT2D eigenvalue weighted by Gasteiger charge is -2.34. The van der Waals surface area contributed by atoms with Crippen LogP contribution in [0.25, 0.3) is 0 Å². The summed E-state index contributed by atoms with van der Waals surface area (Å²) in [6, 6.07) is 7.72. The number of hydrogen-bond acceptors (Lipinski definition) is 5. The first-order valence-corrected chi connectivity index (χ1v) is 13.3. The summed E-state index contributed by atoms with van der Waals surface area (Å²) in [7, 11) is -3.62. The number of carbonyl (C=O) groups is 3. The molecule has 1 unspecified atom stereocenters. The molecule has 2 aliphatic rings. The average molecular weight is 480 g/mol. The van der Waals surface area contributed by atoms with Crippen LogP contribution in [0.2, 0.25) is 0 Å². The zero-order valence-electron chi connectivity index (χ0n) is 18.7. The molecule has 3 atom stereocenters. The van der Waals surface area contributed by atoms with Crippen molar-refractivity contribution in [1.82, 2.24) is 5.32 Å². The number of nitrogens with one attached hydrogen (secondary N) is 1. The summed E-state index contributed by atoms with van der Waals surface area (Å²) in [5, 5.41) is 22.2. The monoisotopic (exact) mass is 479 g/mol. The lowest BCUT2D eigenvalue weighted by molar-refractivity contribution is -0.146. The van der Waals surface area contributed by atoms with Crippen LogP contribution in [0, 0.1) is 17.3 Å². The molecule has 0 spiro atoms. The Morgan fingerprint density at radius 3 is 2.30 bits per heavy atom. The fourth-order valence-electron chi connectivity index (χ4n) is 5.29. The predicted octanol–water partition coefficient (Wildman–Crippen LogP) is 3.26. The van der Waals surface area contributed by atoms with Crippen molar-refractivity contribution < 1.29 is 33.0 Å². The molecular formula is C24H33NO7S. The molecule has 2 saturated carbocycles. The molecule has 0 aromatic heterocycles. The van der Waals surface area contributed by atoms with Crippen molar-refractivity contribution in [2.24, 2.45) is 17.3 Å². The summed E-state index contributed by atoms with van der Waals surface area (Å²) in [5.74, 6) is -3.89. The molecule has 1 aromatic carbocycles. The van der Waals surface area contributed by atoms with Gasteiger partial charge in [-0.2, -0.15) is 0 Å². The number of aliphatic carboxylic acids is 2. The van der Waals surface area contributed by atoms with Crippen LogP contribution in [0.3, 0.4) is 0 Å². The lowest BCUT2D eigenvalue weighted by atomic mass is 9.75. The summed E-state index contributed by atoms with van der Waals surface area (Å²) < 4.78 is 25.3. The van der Waals surface area contributed by atoms with Gasteiger partial charge < -0.3 is 15.5 Å². The third-order valence-corrected chi connectivity index (χ3v) is 8.99. The molecule has 0 bridgehead atoms. The highest BCUT2D eigenvalue weighted by molar-refractivity contribution is 7.91. The first kappa shape index (κ1) is 25.2. The number of carboxylic acids is 2. The van der Waals surface area contributed by atoms with E-state index in [0.29, 0.717) is 32.1 Å². The van der Waals surface area contributed by atoms with Crippen LogP contribution in [0.1, 0.15) is 64.2 Å². The van der Waals surface area contributed by atoms with Gasteiger partial charge in [0, 0.05) is 6.04 Å². The first-order chi connectivity index (χ1) is 15.6.